The quantitative estimate of drug-likeness (QED) is 0.646. The summed E-state index contributed by atoms with van der Waals surface area (Å²) in [6.07, 6.45) is -0.414. The molecule has 1 N–H and O–H groups in total. The molecule has 0 aliphatic carbocycles. The zero-order valence-electron chi connectivity index (χ0n) is 24.7. The number of anilines is 1. The van der Waals surface area contributed by atoms with E-state index in [0.29, 0.717) is 5.69 Å². The molecule has 0 spiro atoms. The summed E-state index contributed by atoms with van der Waals surface area (Å²) in [7, 11) is -0.998. The number of carbonyl (C=O) groups excluding carboxylic acids is 2. The number of benzene rings is 1. The molecule has 11 heteroatoms. The lowest BCUT2D eigenvalue weighted by Gasteiger charge is -2.32. The first-order chi connectivity index (χ1) is 17.8. The minimum Gasteiger partial charge on any atom is -0.444 e. The van der Waals surface area contributed by atoms with Gasteiger partial charge in [0.1, 0.15) is 11.4 Å². The molecule has 0 bridgehead atoms. The third-order valence-electron chi connectivity index (χ3n) is 6.65. The van der Waals surface area contributed by atoms with Gasteiger partial charge in [0, 0.05) is 35.2 Å². The van der Waals surface area contributed by atoms with E-state index in [4.69, 9.17) is 18.2 Å². The molecule has 2 amide bonds. The van der Waals surface area contributed by atoms with E-state index in [1.165, 1.54) is 17.0 Å². The normalized spacial score (nSPS) is 20.3. The fourth-order valence-corrected chi connectivity index (χ4v) is 3.99. The van der Waals surface area contributed by atoms with Gasteiger partial charge in [0.05, 0.1) is 29.1 Å². The number of hydrogen-bond acceptors (Lipinski definition) is 6. The van der Waals surface area contributed by atoms with Crippen molar-refractivity contribution < 1.29 is 32.1 Å². The molecule has 0 atom stereocenters. The molecular weight excluding hydrogens is 466 g/mol. The molecule has 2 aliphatic heterocycles. The molecule has 0 radical (unpaired) electrons. The molecule has 1 saturated heterocycles. The largest absolute Gasteiger partial charge is 0.497 e. The number of carbonyl (C=O) groups is 2. The van der Waals surface area contributed by atoms with E-state index in [9.17, 15) is 9.59 Å². The van der Waals surface area contributed by atoms with Gasteiger partial charge in [0.25, 0.3) is 5.91 Å². The Bertz CT molecular complexity index is 1290. The molecule has 1 aromatic heterocycles. The summed E-state index contributed by atoms with van der Waals surface area (Å²) in [5.41, 5.74) is -1.61. The average molecular weight is 503 g/mol. The maximum atomic E-state index is 15.6. The lowest BCUT2D eigenvalue weighted by atomic mass is 9.78. The number of ether oxygens (including phenoxy) is 1. The Kier molecular flexibility index (Phi) is 5.50. The summed E-state index contributed by atoms with van der Waals surface area (Å²) >= 11 is 0. The van der Waals surface area contributed by atoms with Crippen LogP contribution in [0.5, 0.6) is 0 Å². The zero-order valence-corrected chi connectivity index (χ0v) is 21.7. The van der Waals surface area contributed by atoms with Crippen LogP contribution in [0.2, 0.25) is 0 Å². The molecule has 0 unspecified atom stereocenters. The van der Waals surface area contributed by atoms with Gasteiger partial charge in [-0.05, 0) is 54.5 Å². The van der Waals surface area contributed by atoms with Gasteiger partial charge in [-0.2, -0.15) is 0 Å². The second-order valence-electron chi connectivity index (χ2n) is 11.1. The highest BCUT2D eigenvalue weighted by molar-refractivity contribution is 6.62. The summed E-state index contributed by atoms with van der Waals surface area (Å²) in [5, 5.41) is 2.45. The van der Waals surface area contributed by atoms with Gasteiger partial charge in [0.2, 0.25) is 0 Å². The Labute approximate surface area is 215 Å². The fourth-order valence-electron chi connectivity index (χ4n) is 3.99. The maximum Gasteiger partial charge on any atom is 0.497 e. The third kappa shape index (κ3) is 4.86. The van der Waals surface area contributed by atoms with E-state index in [1.807, 2.05) is 27.7 Å². The number of nitrogens with one attached hydrogen (secondary N) is 1. The van der Waals surface area contributed by atoms with Crippen LogP contribution in [0.15, 0.2) is 18.2 Å². The first-order valence-electron chi connectivity index (χ1n) is 13.3. The van der Waals surface area contributed by atoms with E-state index in [1.54, 1.807) is 26.8 Å². The van der Waals surface area contributed by atoms with Gasteiger partial charge < -0.3 is 28.8 Å². The second-order valence-corrected chi connectivity index (χ2v) is 11.1. The summed E-state index contributed by atoms with van der Waals surface area (Å²) in [5.74, 6) is -2.09. The van der Waals surface area contributed by atoms with Crippen LogP contribution in [0.25, 0.3) is 0 Å². The average Bonchev–Trinajstić information content (AvgIpc) is 3.27. The number of amides is 2. The minimum atomic E-state index is -2.73. The summed E-state index contributed by atoms with van der Waals surface area (Å²) in [6, 6.07) is 4.40. The smallest absolute Gasteiger partial charge is 0.444 e. The van der Waals surface area contributed by atoms with Crippen LogP contribution in [-0.2, 0) is 34.0 Å². The molecule has 2 aliphatic rings. The van der Waals surface area contributed by atoms with Crippen molar-refractivity contribution in [2.75, 3.05) is 11.9 Å². The van der Waals surface area contributed by atoms with E-state index in [-0.39, 0.29) is 36.4 Å². The van der Waals surface area contributed by atoms with Crippen molar-refractivity contribution in [1.82, 2.24) is 14.5 Å². The van der Waals surface area contributed by atoms with Crippen molar-refractivity contribution >= 4 is 30.3 Å². The predicted molar refractivity (Wildman–Crippen MR) is 134 cm³/mol. The SMILES string of the molecule is [2H]C([2H])([2H])n1c(C(=O)Nc2cccc(B3OC(C)(C)C(C)(C)O3)c2F)nc2c1CCN(C(=O)OC(C)(C)C)C2. The molecule has 3 heterocycles. The topological polar surface area (TPSA) is 94.9 Å². The van der Waals surface area contributed by atoms with Gasteiger partial charge in [-0.25, -0.2) is 14.2 Å². The molecule has 4 rings (SSSR count). The molecule has 0 saturated carbocycles. The monoisotopic (exact) mass is 503 g/mol. The standard InChI is InChI=1S/C25H34BFN4O5/c1-23(2,3)34-22(33)31-13-12-18-17(14-31)28-20(30(18)8)21(32)29-16-11-9-10-15(19(16)27)26-35-24(4,5)25(6,7)36-26/h9-11H,12-14H2,1-8H3,(H,29,32)/i8D3. The highest BCUT2D eigenvalue weighted by Gasteiger charge is 2.52. The third-order valence-corrected chi connectivity index (χ3v) is 6.65. The van der Waals surface area contributed by atoms with Crippen molar-refractivity contribution in [2.45, 2.75) is 78.2 Å². The fraction of sp³-hybridized carbons (Fsp3) is 0.560. The molecule has 194 valence electrons. The van der Waals surface area contributed by atoms with Crippen LogP contribution in [0.4, 0.5) is 14.9 Å². The Morgan fingerprint density at radius 3 is 2.50 bits per heavy atom. The van der Waals surface area contributed by atoms with Gasteiger partial charge in [-0.15, -0.1) is 0 Å². The molecule has 1 fully saturated rings. The summed E-state index contributed by atoms with van der Waals surface area (Å²) in [6.45, 7) is 10.0. The highest BCUT2D eigenvalue weighted by Crippen LogP contribution is 2.37. The van der Waals surface area contributed by atoms with Crippen LogP contribution in [0, 0.1) is 5.82 Å². The zero-order chi connectivity index (χ0) is 29.1. The van der Waals surface area contributed by atoms with Gasteiger partial charge >= 0.3 is 13.2 Å². The lowest BCUT2D eigenvalue weighted by Crippen LogP contribution is -2.41. The van der Waals surface area contributed by atoms with Crippen LogP contribution in [0.1, 0.15) is 74.6 Å². The Balaban J connectivity index is 1.62. The number of fused-ring (bicyclic) bond motifs is 1. The van der Waals surface area contributed by atoms with Gasteiger partial charge in [0.15, 0.2) is 5.82 Å². The summed E-state index contributed by atoms with van der Waals surface area (Å²) in [4.78, 5) is 31.6. The van der Waals surface area contributed by atoms with Crippen molar-refractivity contribution in [3.63, 3.8) is 0 Å². The first-order valence-corrected chi connectivity index (χ1v) is 11.8. The number of imidazole rings is 1. The molecule has 36 heavy (non-hydrogen) atoms. The molecule has 9 nitrogen and oxygen atoms in total. The maximum absolute atomic E-state index is 15.6. The highest BCUT2D eigenvalue weighted by atomic mass is 19.1. The van der Waals surface area contributed by atoms with Gasteiger partial charge in [-0.1, -0.05) is 12.1 Å². The van der Waals surface area contributed by atoms with E-state index >= 15 is 4.39 Å². The second kappa shape index (κ2) is 8.88. The van der Waals surface area contributed by atoms with Gasteiger partial charge in [-0.3, -0.25) is 4.79 Å². The number of hydrogen-bond donors (Lipinski definition) is 1. The number of aromatic nitrogens is 2. The van der Waals surface area contributed by atoms with E-state index in [2.05, 4.69) is 10.3 Å². The molecule has 1 aromatic carbocycles. The Hall–Kier alpha value is -2.92. The van der Waals surface area contributed by atoms with Crippen LogP contribution < -0.4 is 10.8 Å². The minimum absolute atomic E-state index is 0.0284. The number of nitrogens with zero attached hydrogens (tertiary/aromatic N) is 3. The van der Waals surface area contributed by atoms with Crippen molar-refractivity contribution in [1.29, 1.82) is 0 Å². The van der Waals surface area contributed by atoms with Crippen molar-refractivity contribution in [3.8, 4) is 0 Å². The van der Waals surface area contributed by atoms with E-state index < -0.39 is 54.5 Å². The predicted octanol–water partition coefficient (Wildman–Crippen LogP) is 3.40. The van der Waals surface area contributed by atoms with Crippen LogP contribution in [0.3, 0.4) is 0 Å². The van der Waals surface area contributed by atoms with Crippen molar-refractivity contribution in [3.05, 3.63) is 41.2 Å². The molecular formula is C25H34BFN4O5. The summed E-state index contributed by atoms with van der Waals surface area (Å²) < 4.78 is 57.8. The van der Waals surface area contributed by atoms with Crippen molar-refractivity contribution in [2.24, 2.45) is 6.98 Å². The van der Waals surface area contributed by atoms with E-state index in [0.717, 1.165) is 4.57 Å². The molecule has 2 aromatic rings. The number of halogens is 1. The number of rotatable bonds is 3. The van der Waals surface area contributed by atoms with Crippen LogP contribution >= 0.6 is 0 Å². The lowest BCUT2D eigenvalue weighted by molar-refractivity contribution is 0.00578. The Morgan fingerprint density at radius 1 is 1.22 bits per heavy atom. The van der Waals surface area contributed by atoms with Crippen LogP contribution in [-0.4, -0.2) is 56.9 Å². The Morgan fingerprint density at radius 2 is 1.89 bits per heavy atom. The first kappa shape index (κ1) is 22.3.